The monoisotopic (exact) mass is 260 g/mol. The normalized spacial score (nSPS) is 12.2. The van der Waals surface area contributed by atoms with Crippen LogP contribution in [0.5, 0.6) is 0 Å². The molecular formula is C11H20N2O3S. The van der Waals surface area contributed by atoms with Crippen LogP contribution in [-0.4, -0.2) is 21.0 Å². The molecule has 0 aliphatic rings. The molecule has 0 bridgehead atoms. The first-order valence-electron chi connectivity index (χ1n) is 5.77. The maximum absolute atomic E-state index is 11.8. The van der Waals surface area contributed by atoms with Crippen LogP contribution in [-0.2, 0) is 16.6 Å². The van der Waals surface area contributed by atoms with Crippen LogP contribution in [0.15, 0.2) is 21.6 Å². The number of furan rings is 1. The van der Waals surface area contributed by atoms with E-state index in [1.54, 1.807) is 19.9 Å². The van der Waals surface area contributed by atoms with E-state index >= 15 is 0 Å². The van der Waals surface area contributed by atoms with Gasteiger partial charge in [0.15, 0.2) is 0 Å². The van der Waals surface area contributed by atoms with E-state index < -0.39 is 10.0 Å². The third-order valence-electron chi connectivity index (χ3n) is 2.02. The van der Waals surface area contributed by atoms with Crippen LogP contribution in [0, 0.1) is 0 Å². The largest absolute Gasteiger partial charge is 0.447 e. The van der Waals surface area contributed by atoms with Crippen molar-refractivity contribution in [2.45, 2.75) is 44.9 Å². The molecule has 17 heavy (non-hydrogen) atoms. The van der Waals surface area contributed by atoms with Gasteiger partial charge in [0.2, 0.25) is 5.09 Å². The lowest BCUT2D eigenvalue weighted by Crippen LogP contribution is -2.29. The molecule has 0 spiro atoms. The number of rotatable bonds is 7. The van der Waals surface area contributed by atoms with Gasteiger partial charge in [0.1, 0.15) is 5.76 Å². The molecule has 6 heteroatoms. The number of hydrogen-bond donors (Lipinski definition) is 2. The summed E-state index contributed by atoms with van der Waals surface area (Å²) in [7, 11) is -3.51. The van der Waals surface area contributed by atoms with Gasteiger partial charge in [-0.2, -0.15) is 0 Å². The summed E-state index contributed by atoms with van der Waals surface area (Å²) < 4.78 is 31.3. The maximum Gasteiger partial charge on any atom is 0.274 e. The minimum Gasteiger partial charge on any atom is -0.447 e. The smallest absolute Gasteiger partial charge is 0.274 e. The summed E-state index contributed by atoms with van der Waals surface area (Å²) >= 11 is 0. The lowest BCUT2D eigenvalue weighted by molar-refractivity contribution is 0.399. The van der Waals surface area contributed by atoms with Crippen molar-refractivity contribution in [1.29, 1.82) is 0 Å². The molecule has 1 heterocycles. The average Bonchev–Trinajstić information content (AvgIpc) is 2.65. The SMILES string of the molecule is CCCNCc1ccc(S(=O)(=O)NC(C)C)o1. The fraction of sp³-hybridized carbons (Fsp3) is 0.636. The van der Waals surface area contributed by atoms with Gasteiger partial charge in [0, 0.05) is 6.04 Å². The highest BCUT2D eigenvalue weighted by Gasteiger charge is 2.19. The Hall–Kier alpha value is -0.850. The van der Waals surface area contributed by atoms with Crippen molar-refractivity contribution in [2.24, 2.45) is 0 Å². The Morgan fingerprint density at radius 2 is 2.06 bits per heavy atom. The fourth-order valence-electron chi connectivity index (χ4n) is 1.35. The first-order valence-corrected chi connectivity index (χ1v) is 7.25. The van der Waals surface area contributed by atoms with Crippen molar-refractivity contribution >= 4 is 10.0 Å². The van der Waals surface area contributed by atoms with Gasteiger partial charge >= 0.3 is 0 Å². The molecule has 0 saturated carbocycles. The molecule has 0 aliphatic heterocycles. The molecule has 1 aromatic rings. The van der Waals surface area contributed by atoms with Crippen molar-refractivity contribution in [3.05, 3.63) is 17.9 Å². The van der Waals surface area contributed by atoms with Gasteiger partial charge in [0.05, 0.1) is 6.54 Å². The van der Waals surface area contributed by atoms with E-state index in [0.29, 0.717) is 12.3 Å². The third-order valence-corrected chi connectivity index (χ3v) is 3.55. The minimum absolute atomic E-state index is 0.0282. The fourth-order valence-corrected chi connectivity index (χ4v) is 2.56. The van der Waals surface area contributed by atoms with Crippen molar-refractivity contribution in [3.63, 3.8) is 0 Å². The molecule has 0 aromatic carbocycles. The van der Waals surface area contributed by atoms with Crippen LogP contribution < -0.4 is 10.0 Å². The van der Waals surface area contributed by atoms with Crippen molar-refractivity contribution in [2.75, 3.05) is 6.54 Å². The first kappa shape index (κ1) is 14.2. The Balaban J connectivity index is 2.67. The zero-order valence-corrected chi connectivity index (χ0v) is 11.3. The molecule has 0 amide bonds. The topological polar surface area (TPSA) is 71.3 Å². The summed E-state index contributed by atoms with van der Waals surface area (Å²) in [6.07, 6.45) is 1.03. The molecule has 98 valence electrons. The lowest BCUT2D eigenvalue weighted by atomic mass is 10.4. The predicted molar refractivity (Wildman–Crippen MR) is 66.2 cm³/mol. The summed E-state index contributed by atoms with van der Waals surface area (Å²) in [5.41, 5.74) is 0. The van der Waals surface area contributed by atoms with Crippen molar-refractivity contribution in [1.82, 2.24) is 10.0 Å². The molecule has 0 atom stereocenters. The molecule has 0 unspecified atom stereocenters. The molecule has 0 radical (unpaired) electrons. The quantitative estimate of drug-likeness (QED) is 0.728. The Labute approximate surface area is 103 Å². The highest BCUT2D eigenvalue weighted by Crippen LogP contribution is 2.14. The van der Waals surface area contributed by atoms with Gasteiger partial charge in [-0.05, 0) is 38.9 Å². The molecule has 1 rings (SSSR count). The third kappa shape index (κ3) is 4.49. The first-order chi connectivity index (χ1) is 7.95. The average molecular weight is 260 g/mol. The van der Waals surface area contributed by atoms with E-state index in [0.717, 1.165) is 13.0 Å². The summed E-state index contributed by atoms with van der Waals surface area (Å²) in [5.74, 6) is 0.627. The Morgan fingerprint density at radius 1 is 1.35 bits per heavy atom. The summed E-state index contributed by atoms with van der Waals surface area (Å²) in [4.78, 5) is 0. The van der Waals surface area contributed by atoms with Crippen LogP contribution in [0.4, 0.5) is 0 Å². The molecule has 2 N–H and O–H groups in total. The van der Waals surface area contributed by atoms with Crippen molar-refractivity contribution in [3.8, 4) is 0 Å². The van der Waals surface area contributed by atoms with E-state index in [-0.39, 0.29) is 11.1 Å². The van der Waals surface area contributed by atoms with Gasteiger partial charge in [-0.25, -0.2) is 13.1 Å². The summed E-state index contributed by atoms with van der Waals surface area (Å²) in [5, 5.41) is 3.12. The standard InChI is InChI=1S/C11H20N2O3S/c1-4-7-12-8-10-5-6-11(16-10)17(14,15)13-9(2)3/h5-6,9,12-13H,4,7-8H2,1-3H3. The minimum atomic E-state index is -3.51. The van der Waals surface area contributed by atoms with Gasteiger partial charge in [-0.15, -0.1) is 0 Å². The van der Waals surface area contributed by atoms with E-state index in [1.165, 1.54) is 6.07 Å². The van der Waals surface area contributed by atoms with E-state index in [9.17, 15) is 8.42 Å². The van der Waals surface area contributed by atoms with Crippen LogP contribution >= 0.6 is 0 Å². The van der Waals surface area contributed by atoms with E-state index in [4.69, 9.17) is 4.42 Å². The molecule has 0 fully saturated rings. The number of nitrogens with one attached hydrogen (secondary N) is 2. The Kier molecular flexibility index (Phi) is 5.17. The van der Waals surface area contributed by atoms with Gasteiger partial charge < -0.3 is 9.73 Å². The molecule has 5 nitrogen and oxygen atoms in total. The second-order valence-electron chi connectivity index (χ2n) is 4.17. The van der Waals surface area contributed by atoms with E-state index in [2.05, 4.69) is 17.0 Å². The Morgan fingerprint density at radius 3 is 2.65 bits per heavy atom. The zero-order valence-electron chi connectivity index (χ0n) is 10.5. The lowest BCUT2D eigenvalue weighted by Gasteiger charge is -2.06. The van der Waals surface area contributed by atoms with Crippen molar-refractivity contribution < 1.29 is 12.8 Å². The predicted octanol–water partition coefficient (Wildman–Crippen LogP) is 1.47. The van der Waals surface area contributed by atoms with E-state index in [1.807, 2.05) is 0 Å². The molecule has 1 aromatic heterocycles. The second-order valence-corrected chi connectivity index (χ2v) is 5.82. The van der Waals surface area contributed by atoms with Crippen LogP contribution in [0.2, 0.25) is 0 Å². The van der Waals surface area contributed by atoms with Gasteiger partial charge in [-0.1, -0.05) is 6.92 Å². The summed E-state index contributed by atoms with van der Waals surface area (Å²) in [6.45, 7) is 7.03. The van der Waals surface area contributed by atoms with Gasteiger partial charge in [-0.3, -0.25) is 0 Å². The molecular weight excluding hydrogens is 240 g/mol. The second kappa shape index (κ2) is 6.18. The van der Waals surface area contributed by atoms with Crippen LogP contribution in [0.1, 0.15) is 33.0 Å². The zero-order chi connectivity index (χ0) is 12.9. The number of sulfonamides is 1. The molecule has 0 saturated heterocycles. The van der Waals surface area contributed by atoms with Gasteiger partial charge in [0.25, 0.3) is 10.0 Å². The summed E-state index contributed by atoms with van der Waals surface area (Å²) in [6, 6.07) is 3.01. The highest BCUT2D eigenvalue weighted by molar-refractivity contribution is 7.89. The van der Waals surface area contributed by atoms with Crippen LogP contribution in [0.3, 0.4) is 0 Å². The Bertz CT molecular complexity index is 437. The molecule has 0 aliphatic carbocycles. The highest BCUT2D eigenvalue weighted by atomic mass is 32.2. The van der Waals surface area contributed by atoms with Crippen LogP contribution in [0.25, 0.3) is 0 Å². The number of hydrogen-bond acceptors (Lipinski definition) is 4. The maximum atomic E-state index is 11.8.